The molecule has 2 aromatic heterocycles. The number of carbonyl (C=O) groups is 2. The van der Waals surface area contributed by atoms with E-state index in [0.717, 1.165) is 11.4 Å². The van der Waals surface area contributed by atoms with Crippen molar-refractivity contribution < 1.29 is 14.3 Å². The van der Waals surface area contributed by atoms with E-state index in [2.05, 4.69) is 35.6 Å². The van der Waals surface area contributed by atoms with Crippen LogP contribution in [0.5, 0.6) is 0 Å². The van der Waals surface area contributed by atoms with Gasteiger partial charge in [0.2, 0.25) is 0 Å². The lowest BCUT2D eigenvalue weighted by Crippen LogP contribution is -2.45. The highest BCUT2D eigenvalue weighted by atomic mass is 35.5. The zero-order valence-corrected chi connectivity index (χ0v) is 22.5. The highest BCUT2D eigenvalue weighted by molar-refractivity contribution is 7.17. The Hall–Kier alpha value is -3.77. The minimum atomic E-state index is -0.439. The molecule has 3 heterocycles. The molecular weight excluding hydrogens is 516 g/mol. The first kappa shape index (κ1) is 26.3. The minimum absolute atomic E-state index is 0.288. The molecule has 13 heteroatoms. The summed E-state index contributed by atoms with van der Waals surface area (Å²) >= 11 is 7.44. The first-order chi connectivity index (χ1) is 17.7. The number of rotatable bonds is 7. The molecule has 0 unspecified atom stereocenters. The lowest BCUT2D eigenvalue weighted by atomic mass is 10.2. The van der Waals surface area contributed by atoms with Gasteiger partial charge in [-0.15, -0.1) is 0 Å². The van der Waals surface area contributed by atoms with E-state index >= 15 is 0 Å². The molecular formula is C24H27ClN8O3S. The Morgan fingerprint density at radius 1 is 1.16 bits per heavy atom. The van der Waals surface area contributed by atoms with Crippen molar-refractivity contribution in [2.75, 3.05) is 48.8 Å². The topological polar surface area (TPSA) is 125 Å². The molecule has 1 saturated heterocycles. The highest BCUT2D eigenvalue weighted by Gasteiger charge is 2.20. The van der Waals surface area contributed by atoms with E-state index in [1.807, 2.05) is 37.1 Å². The molecule has 37 heavy (non-hydrogen) atoms. The predicted molar refractivity (Wildman–Crippen MR) is 145 cm³/mol. The van der Waals surface area contributed by atoms with Gasteiger partial charge in [0.1, 0.15) is 28.0 Å². The molecule has 11 nitrogen and oxygen atoms in total. The van der Waals surface area contributed by atoms with Crippen molar-refractivity contribution in [1.82, 2.24) is 20.0 Å². The molecule has 1 aromatic carbocycles. The highest BCUT2D eigenvalue weighted by Crippen LogP contribution is 2.28. The molecule has 2 N–H and O–H groups in total. The number of halogens is 1. The number of piperazine rings is 1. The lowest BCUT2D eigenvalue weighted by Gasteiger charge is -2.34. The average molecular weight is 543 g/mol. The summed E-state index contributed by atoms with van der Waals surface area (Å²) in [6, 6.07) is 7.29. The van der Waals surface area contributed by atoms with Crippen molar-refractivity contribution in [3.63, 3.8) is 0 Å². The fraction of sp³-hybridized carbons (Fsp3) is 0.333. The van der Waals surface area contributed by atoms with E-state index in [1.54, 1.807) is 13.0 Å². The second-order valence-corrected chi connectivity index (χ2v) is 9.75. The van der Waals surface area contributed by atoms with Crippen LogP contribution in [0.1, 0.15) is 28.0 Å². The monoisotopic (exact) mass is 542 g/mol. The number of methoxy groups -OCH3 is 1. The predicted octanol–water partition coefficient (Wildman–Crippen LogP) is 3.87. The van der Waals surface area contributed by atoms with Gasteiger partial charge in [-0.1, -0.05) is 35.1 Å². The van der Waals surface area contributed by atoms with Crippen molar-refractivity contribution in [3.05, 3.63) is 51.7 Å². The number of anilines is 4. The van der Waals surface area contributed by atoms with E-state index in [1.165, 1.54) is 24.6 Å². The van der Waals surface area contributed by atoms with Crippen molar-refractivity contribution in [2.24, 2.45) is 5.10 Å². The molecule has 194 valence electrons. The van der Waals surface area contributed by atoms with Gasteiger partial charge in [-0.05, 0) is 32.4 Å². The van der Waals surface area contributed by atoms with Gasteiger partial charge in [-0.2, -0.15) is 5.10 Å². The Morgan fingerprint density at radius 2 is 1.92 bits per heavy atom. The number of ether oxygens (including phenoxy) is 1. The maximum atomic E-state index is 12.7. The van der Waals surface area contributed by atoms with Crippen LogP contribution in [0.15, 0.2) is 35.6 Å². The van der Waals surface area contributed by atoms with Crippen LogP contribution >= 0.6 is 22.9 Å². The van der Waals surface area contributed by atoms with Gasteiger partial charge < -0.3 is 20.3 Å². The summed E-state index contributed by atoms with van der Waals surface area (Å²) in [4.78, 5) is 40.3. The fourth-order valence-electron chi connectivity index (χ4n) is 3.72. The molecule has 1 aliphatic heterocycles. The third kappa shape index (κ3) is 6.52. The van der Waals surface area contributed by atoms with Crippen LogP contribution in [0.4, 0.5) is 22.5 Å². The van der Waals surface area contributed by atoms with Crippen molar-refractivity contribution in [3.8, 4) is 0 Å². The summed E-state index contributed by atoms with van der Waals surface area (Å²) in [6.07, 6.45) is 1.51. The van der Waals surface area contributed by atoms with Crippen molar-refractivity contribution >= 4 is 63.0 Å². The normalized spacial score (nSPS) is 13.9. The van der Waals surface area contributed by atoms with Crippen LogP contribution < -0.4 is 15.5 Å². The quantitative estimate of drug-likeness (QED) is 0.338. The molecule has 0 radical (unpaired) electrons. The van der Waals surface area contributed by atoms with Gasteiger partial charge in [-0.25, -0.2) is 19.7 Å². The number of aryl methyl sites for hydroxylation is 2. The van der Waals surface area contributed by atoms with Crippen LogP contribution in [0.3, 0.4) is 0 Å². The van der Waals surface area contributed by atoms with E-state index in [9.17, 15) is 9.59 Å². The first-order valence-electron chi connectivity index (χ1n) is 11.5. The van der Waals surface area contributed by atoms with Crippen LogP contribution in [0, 0.1) is 13.8 Å². The number of amides is 1. The summed E-state index contributed by atoms with van der Waals surface area (Å²) in [6.45, 7) is 7.96. The smallest absolute Gasteiger partial charge is 0.353 e. The number of nitrogens with one attached hydrogen (secondary N) is 2. The summed E-state index contributed by atoms with van der Waals surface area (Å²) in [5.41, 5.74) is 1.78. The summed E-state index contributed by atoms with van der Waals surface area (Å²) < 4.78 is 4.71. The molecule has 0 spiro atoms. The number of hydrogen-bond donors (Lipinski definition) is 2. The van der Waals surface area contributed by atoms with Gasteiger partial charge in [0, 0.05) is 19.2 Å². The van der Waals surface area contributed by atoms with Crippen LogP contribution in [0.25, 0.3) is 0 Å². The van der Waals surface area contributed by atoms with Gasteiger partial charge in [0.25, 0.3) is 5.91 Å². The second kappa shape index (κ2) is 11.5. The van der Waals surface area contributed by atoms with E-state index in [4.69, 9.17) is 16.3 Å². The summed E-state index contributed by atoms with van der Waals surface area (Å²) in [7, 11) is 1.34. The summed E-state index contributed by atoms with van der Waals surface area (Å²) in [5.74, 6) is 1.22. The molecule has 3 aromatic rings. The Balaban J connectivity index is 1.41. The maximum absolute atomic E-state index is 12.7. The Kier molecular flexibility index (Phi) is 8.19. The number of carbonyl (C=O) groups excluding carboxylic acids is 2. The molecule has 1 fully saturated rings. The third-order valence-electron chi connectivity index (χ3n) is 5.60. The average Bonchev–Trinajstić information content (AvgIpc) is 3.34. The number of hydrogen-bond acceptors (Lipinski definition) is 11. The van der Waals surface area contributed by atoms with Gasteiger partial charge >= 0.3 is 5.97 Å². The van der Waals surface area contributed by atoms with E-state index in [0.29, 0.717) is 64.3 Å². The Labute approximate surface area is 223 Å². The SMILES string of the molecule is COC(=O)C(C)=NN1CCN(c2cc(Nc3ncc(C(=O)Nc4c(C)cccc4Cl)s3)nc(C)n2)CC1. The number of esters is 1. The zero-order chi connectivity index (χ0) is 26.5. The van der Waals surface area contributed by atoms with Gasteiger partial charge in [-0.3, -0.25) is 9.80 Å². The minimum Gasteiger partial charge on any atom is -0.464 e. The first-order valence-corrected chi connectivity index (χ1v) is 12.7. The molecule has 0 bridgehead atoms. The number of hydrazone groups is 1. The fourth-order valence-corrected chi connectivity index (χ4v) is 4.70. The van der Waals surface area contributed by atoms with Gasteiger partial charge in [0.05, 0.1) is 37.1 Å². The van der Waals surface area contributed by atoms with E-state index in [-0.39, 0.29) is 5.91 Å². The number of aromatic nitrogens is 3. The lowest BCUT2D eigenvalue weighted by molar-refractivity contribution is -0.132. The number of nitrogens with zero attached hydrogens (tertiary/aromatic N) is 6. The maximum Gasteiger partial charge on any atom is 0.353 e. The van der Waals surface area contributed by atoms with Gasteiger partial charge in [0.15, 0.2) is 5.13 Å². The standard InChI is InChI=1S/C24H27ClN8O3S/c1-14-6-5-7-17(25)21(14)30-22(34)18-13-26-24(37-18)29-19-12-20(28-16(3)27-19)32-8-10-33(11-9-32)31-15(2)23(35)36-4/h5-7,12-13H,8-11H2,1-4H3,(H,30,34)(H,26,27,28,29). The summed E-state index contributed by atoms with van der Waals surface area (Å²) in [5, 5.41) is 13.2. The number of para-hydroxylation sites is 1. The molecule has 1 amide bonds. The number of benzene rings is 1. The van der Waals surface area contributed by atoms with Crippen LogP contribution in [0.2, 0.25) is 5.02 Å². The zero-order valence-electron chi connectivity index (χ0n) is 20.9. The van der Waals surface area contributed by atoms with Crippen molar-refractivity contribution in [2.45, 2.75) is 20.8 Å². The molecule has 4 rings (SSSR count). The Bertz CT molecular complexity index is 1320. The van der Waals surface area contributed by atoms with Crippen molar-refractivity contribution in [1.29, 1.82) is 0 Å². The van der Waals surface area contributed by atoms with Crippen LogP contribution in [-0.4, -0.2) is 70.8 Å². The second-order valence-electron chi connectivity index (χ2n) is 8.32. The third-order valence-corrected chi connectivity index (χ3v) is 6.83. The molecule has 0 saturated carbocycles. The van der Waals surface area contributed by atoms with E-state index < -0.39 is 5.97 Å². The molecule has 0 aliphatic carbocycles. The Morgan fingerprint density at radius 3 is 2.62 bits per heavy atom. The van der Waals surface area contributed by atoms with Crippen LogP contribution in [-0.2, 0) is 9.53 Å². The largest absolute Gasteiger partial charge is 0.464 e. The molecule has 0 atom stereocenters. The molecule has 1 aliphatic rings. The number of thiazole rings is 1.